The minimum Gasteiger partial charge on any atom is -0.497 e. The van der Waals surface area contributed by atoms with E-state index in [1.54, 1.807) is 43.5 Å². The van der Waals surface area contributed by atoms with Crippen LogP contribution in [0.2, 0.25) is 0 Å². The maximum Gasteiger partial charge on any atom is 0.253 e. The van der Waals surface area contributed by atoms with Gasteiger partial charge in [0.2, 0.25) is 10.0 Å². The fraction of sp³-hybridized carbons (Fsp3) is 0.458. The van der Waals surface area contributed by atoms with Gasteiger partial charge in [0.1, 0.15) is 5.75 Å². The molecule has 1 aliphatic heterocycles. The van der Waals surface area contributed by atoms with E-state index in [0.29, 0.717) is 17.9 Å². The van der Waals surface area contributed by atoms with E-state index >= 15 is 0 Å². The number of methoxy groups -OCH3 is 1. The third kappa shape index (κ3) is 5.46. The molecule has 0 unspecified atom stereocenters. The van der Waals surface area contributed by atoms with Crippen molar-refractivity contribution in [2.45, 2.75) is 45.1 Å². The van der Waals surface area contributed by atoms with Gasteiger partial charge in [-0.05, 0) is 60.2 Å². The number of hydrogen-bond acceptors (Lipinski definition) is 4. The Morgan fingerprint density at radius 1 is 1.10 bits per heavy atom. The average Bonchev–Trinajstić information content (AvgIpc) is 2.76. The molecule has 7 heteroatoms. The summed E-state index contributed by atoms with van der Waals surface area (Å²) in [6.07, 6.45) is 2.15. The maximum atomic E-state index is 13.0. The van der Waals surface area contributed by atoms with Gasteiger partial charge in [0.25, 0.3) is 5.91 Å². The molecule has 0 aliphatic carbocycles. The van der Waals surface area contributed by atoms with Crippen molar-refractivity contribution in [2.24, 2.45) is 5.41 Å². The second-order valence-corrected chi connectivity index (χ2v) is 10.7. The van der Waals surface area contributed by atoms with E-state index in [2.05, 4.69) is 13.8 Å². The molecule has 0 N–H and O–H groups in total. The molecule has 2 aromatic carbocycles. The lowest BCUT2D eigenvalue weighted by Crippen LogP contribution is -2.43. The van der Waals surface area contributed by atoms with Crippen LogP contribution >= 0.6 is 0 Å². The fourth-order valence-electron chi connectivity index (χ4n) is 4.00. The molecule has 3 rings (SSSR count). The first kappa shape index (κ1) is 23.3. The van der Waals surface area contributed by atoms with Crippen LogP contribution in [0, 0.1) is 5.41 Å². The van der Waals surface area contributed by atoms with Gasteiger partial charge >= 0.3 is 0 Å². The van der Waals surface area contributed by atoms with Crippen LogP contribution in [0.15, 0.2) is 53.4 Å². The van der Waals surface area contributed by atoms with E-state index in [-0.39, 0.29) is 22.8 Å². The predicted octanol–water partition coefficient (Wildman–Crippen LogP) is 4.17. The molecule has 31 heavy (non-hydrogen) atoms. The van der Waals surface area contributed by atoms with Crippen LogP contribution in [0.1, 0.15) is 49.5 Å². The number of amides is 1. The van der Waals surface area contributed by atoms with Gasteiger partial charge in [0, 0.05) is 31.7 Å². The van der Waals surface area contributed by atoms with Crippen molar-refractivity contribution in [1.82, 2.24) is 9.21 Å². The molecule has 1 aliphatic rings. The Morgan fingerprint density at radius 2 is 1.74 bits per heavy atom. The highest BCUT2D eigenvalue weighted by atomic mass is 32.2. The van der Waals surface area contributed by atoms with Crippen LogP contribution < -0.4 is 4.74 Å². The first-order chi connectivity index (χ1) is 14.7. The van der Waals surface area contributed by atoms with Crippen LogP contribution in [-0.4, -0.2) is 50.3 Å². The van der Waals surface area contributed by atoms with Crippen LogP contribution in [0.3, 0.4) is 0 Å². The number of carbonyl (C=O) groups is 1. The number of likely N-dealkylation sites (tertiary alicyclic amines) is 1. The van der Waals surface area contributed by atoms with Gasteiger partial charge in [-0.15, -0.1) is 0 Å². The summed E-state index contributed by atoms with van der Waals surface area (Å²) < 4.78 is 32.6. The van der Waals surface area contributed by atoms with Crippen molar-refractivity contribution in [3.05, 3.63) is 59.7 Å². The SMILES string of the molecule is CCN(Cc1ccc(C(=O)N2CCCC(C)(C)C2)cc1)S(=O)(=O)c1ccc(OC)cc1. The predicted molar refractivity (Wildman–Crippen MR) is 122 cm³/mol. The van der Waals surface area contributed by atoms with Crippen LogP contribution in [0.5, 0.6) is 5.75 Å². The third-order valence-corrected chi connectivity index (χ3v) is 7.73. The molecule has 1 fully saturated rings. The van der Waals surface area contributed by atoms with Gasteiger partial charge in [-0.2, -0.15) is 4.31 Å². The van der Waals surface area contributed by atoms with Crippen molar-refractivity contribution in [3.8, 4) is 5.75 Å². The summed E-state index contributed by atoms with van der Waals surface area (Å²) in [7, 11) is -2.08. The van der Waals surface area contributed by atoms with Crippen LogP contribution in [0.25, 0.3) is 0 Å². The third-order valence-electron chi connectivity index (χ3n) is 5.80. The molecule has 6 nitrogen and oxygen atoms in total. The topological polar surface area (TPSA) is 66.9 Å². The molecule has 1 amide bonds. The van der Waals surface area contributed by atoms with E-state index in [1.807, 2.05) is 24.0 Å². The summed E-state index contributed by atoms with van der Waals surface area (Å²) in [6.45, 7) is 8.34. The molecule has 0 aromatic heterocycles. The lowest BCUT2D eigenvalue weighted by molar-refractivity contribution is 0.0583. The number of hydrogen-bond donors (Lipinski definition) is 0. The lowest BCUT2D eigenvalue weighted by atomic mass is 9.84. The van der Waals surface area contributed by atoms with E-state index in [4.69, 9.17) is 4.74 Å². The Hall–Kier alpha value is -2.38. The summed E-state index contributed by atoms with van der Waals surface area (Å²) in [5, 5.41) is 0. The number of ether oxygens (including phenoxy) is 1. The second kappa shape index (κ2) is 9.40. The summed E-state index contributed by atoms with van der Waals surface area (Å²) in [5.41, 5.74) is 1.63. The smallest absolute Gasteiger partial charge is 0.253 e. The average molecular weight is 445 g/mol. The van der Waals surface area contributed by atoms with Crippen LogP contribution in [-0.2, 0) is 16.6 Å². The van der Waals surface area contributed by atoms with Gasteiger partial charge in [-0.3, -0.25) is 4.79 Å². The highest BCUT2D eigenvalue weighted by Crippen LogP contribution is 2.29. The lowest BCUT2D eigenvalue weighted by Gasteiger charge is -2.38. The zero-order chi connectivity index (χ0) is 22.6. The number of carbonyl (C=O) groups excluding carboxylic acids is 1. The standard InChI is InChI=1S/C24H32N2O4S/c1-5-26(31(28,29)22-13-11-21(30-4)12-14-22)17-19-7-9-20(10-8-19)23(27)25-16-6-15-24(2,3)18-25/h7-14H,5-6,15-18H2,1-4H3. The highest BCUT2D eigenvalue weighted by molar-refractivity contribution is 7.89. The van der Waals surface area contributed by atoms with Gasteiger partial charge in [-0.25, -0.2) is 8.42 Å². The minimum absolute atomic E-state index is 0.0394. The molecular formula is C24H32N2O4S. The largest absolute Gasteiger partial charge is 0.497 e. The Labute approximate surface area is 185 Å². The Balaban J connectivity index is 1.72. The monoisotopic (exact) mass is 444 g/mol. The summed E-state index contributed by atoms with van der Waals surface area (Å²) >= 11 is 0. The zero-order valence-corrected chi connectivity index (χ0v) is 19.6. The number of piperidine rings is 1. The molecule has 0 atom stereocenters. The Morgan fingerprint density at radius 3 is 2.29 bits per heavy atom. The molecule has 0 spiro atoms. The molecule has 1 saturated heterocycles. The molecule has 0 radical (unpaired) electrons. The minimum atomic E-state index is -3.63. The molecule has 168 valence electrons. The van der Waals surface area contributed by atoms with Gasteiger partial charge in [0.15, 0.2) is 0 Å². The number of rotatable bonds is 7. The van der Waals surface area contributed by atoms with Crippen molar-refractivity contribution in [3.63, 3.8) is 0 Å². The fourth-order valence-corrected chi connectivity index (χ4v) is 5.44. The summed E-state index contributed by atoms with van der Waals surface area (Å²) in [5.74, 6) is 0.650. The number of benzene rings is 2. The van der Waals surface area contributed by atoms with E-state index in [9.17, 15) is 13.2 Å². The van der Waals surface area contributed by atoms with Gasteiger partial charge in [0.05, 0.1) is 12.0 Å². The summed E-state index contributed by atoms with van der Waals surface area (Å²) in [4.78, 5) is 15.0. The number of nitrogens with zero attached hydrogens (tertiary/aromatic N) is 2. The van der Waals surface area contributed by atoms with E-state index < -0.39 is 10.0 Å². The van der Waals surface area contributed by atoms with Crippen molar-refractivity contribution >= 4 is 15.9 Å². The van der Waals surface area contributed by atoms with Crippen molar-refractivity contribution < 1.29 is 17.9 Å². The first-order valence-electron chi connectivity index (χ1n) is 10.7. The molecule has 2 aromatic rings. The maximum absolute atomic E-state index is 13.0. The number of sulfonamides is 1. The highest BCUT2D eigenvalue weighted by Gasteiger charge is 2.29. The van der Waals surface area contributed by atoms with Crippen molar-refractivity contribution in [2.75, 3.05) is 26.7 Å². The Kier molecular flexibility index (Phi) is 7.06. The second-order valence-electron chi connectivity index (χ2n) is 8.80. The molecule has 1 heterocycles. The molecule has 0 saturated carbocycles. The zero-order valence-electron chi connectivity index (χ0n) is 18.8. The van der Waals surface area contributed by atoms with E-state index in [1.165, 1.54) is 4.31 Å². The quantitative estimate of drug-likeness (QED) is 0.643. The Bertz CT molecular complexity index is 999. The normalized spacial score (nSPS) is 16.4. The van der Waals surface area contributed by atoms with Crippen molar-refractivity contribution in [1.29, 1.82) is 0 Å². The molecule has 0 bridgehead atoms. The molecular weight excluding hydrogens is 412 g/mol. The van der Waals surface area contributed by atoms with Crippen LogP contribution in [0.4, 0.5) is 0 Å². The van der Waals surface area contributed by atoms with Gasteiger partial charge < -0.3 is 9.64 Å². The van der Waals surface area contributed by atoms with E-state index in [0.717, 1.165) is 31.5 Å². The first-order valence-corrected chi connectivity index (χ1v) is 12.1. The summed E-state index contributed by atoms with van der Waals surface area (Å²) in [6, 6.07) is 13.7. The van der Waals surface area contributed by atoms with Gasteiger partial charge in [-0.1, -0.05) is 32.9 Å².